The van der Waals surface area contributed by atoms with Crippen LogP contribution in [0.2, 0.25) is 0 Å². The van der Waals surface area contributed by atoms with Gasteiger partial charge in [0.25, 0.3) is 5.91 Å². The lowest BCUT2D eigenvalue weighted by molar-refractivity contribution is 0.0792. The number of likely N-dealkylation sites (tertiary alicyclic amines) is 1. The van der Waals surface area contributed by atoms with Crippen molar-refractivity contribution in [1.29, 1.82) is 0 Å². The summed E-state index contributed by atoms with van der Waals surface area (Å²) in [7, 11) is 3.15. The number of methoxy groups -OCH3 is 2. The SMILES string of the molecule is COc1ccc(C(=O)N2CCCC2)cc1OC. The van der Waals surface area contributed by atoms with Gasteiger partial charge in [0.05, 0.1) is 14.2 Å². The molecule has 0 aliphatic carbocycles. The van der Waals surface area contributed by atoms with Crippen LogP contribution in [0.4, 0.5) is 0 Å². The largest absolute Gasteiger partial charge is 0.493 e. The Balaban J connectivity index is 2.23. The van der Waals surface area contributed by atoms with Crippen LogP contribution in [0, 0.1) is 0 Å². The molecule has 0 atom stereocenters. The molecule has 1 aromatic carbocycles. The maximum atomic E-state index is 12.1. The van der Waals surface area contributed by atoms with E-state index in [1.165, 1.54) is 0 Å². The minimum Gasteiger partial charge on any atom is -0.493 e. The van der Waals surface area contributed by atoms with Crippen LogP contribution in [0.5, 0.6) is 11.5 Å². The number of carbonyl (C=O) groups excluding carboxylic acids is 1. The molecule has 1 aromatic rings. The zero-order valence-corrected chi connectivity index (χ0v) is 10.2. The lowest BCUT2D eigenvalue weighted by atomic mass is 10.2. The fourth-order valence-electron chi connectivity index (χ4n) is 2.07. The van der Waals surface area contributed by atoms with Gasteiger partial charge in [-0.15, -0.1) is 0 Å². The summed E-state index contributed by atoms with van der Waals surface area (Å²) in [5.41, 5.74) is 0.657. The molecule has 0 spiro atoms. The Morgan fingerprint density at radius 1 is 1.12 bits per heavy atom. The Bertz CT molecular complexity index is 411. The second kappa shape index (κ2) is 5.08. The predicted octanol–water partition coefficient (Wildman–Crippen LogP) is 1.94. The van der Waals surface area contributed by atoms with Gasteiger partial charge in [-0.1, -0.05) is 0 Å². The van der Waals surface area contributed by atoms with E-state index in [4.69, 9.17) is 9.47 Å². The minimum absolute atomic E-state index is 0.0726. The van der Waals surface area contributed by atoms with Crippen molar-refractivity contribution < 1.29 is 14.3 Å². The molecule has 1 saturated heterocycles. The predicted molar refractivity (Wildman–Crippen MR) is 64.7 cm³/mol. The second-order valence-electron chi connectivity index (χ2n) is 4.07. The van der Waals surface area contributed by atoms with Gasteiger partial charge < -0.3 is 14.4 Å². The average Bonchev–Trinajstić information content (AvgIpc) is 2.90. The van der Waals surface area contributed by atoms with E-state index in [-0.39, 0.29) is 5.91 Å². The molecule has 1 amide bonds. The molecule has 17 heavy (non-hydrogen) atoms. The molecule has 0 aromatic heterocycles. The third-order valence-electron chi connectivity index (χ3n) is 3.02. The molecular formula is C13H17NO3. The van der Waals surface area contributed by atoms with Gasteiger partial charge in [-0.05, 0) is 31.0 Å². The highest BCUT2D eigenvalue weighted by Crippen LogP contribution is 2.28. The van der Waals surface area contributed by atoms with Crippen LogP contribution in [0.1, 0.15) is 23.2 Å². The Hall–Kier alpha value is -1.71. The lowest BCUT2D eigenvalue weighted by Gasteiger charge is -2.16. The zero-order chi connectivity index (χ0) is 12.3. The first-order valence-corrected chi connectivity index (χ1v) is 5.77. The van der Waals surface area contributed by atoms with Crippen LogP contribution in [-0.4, -0.2) is 38.1 Å². The molecule has 1 heterocycles. The standard InChI is InChI=1S/C13H17NO3/c1-16-11-6-5-10(9-12(11)17-2)13(15)14-7-3-4-8-14/h5-6,9H,3-4,7-8H2,1-2H3. The van der Waals surface area contributed by atoms with Gasteiger partial charge in [0.1, 0.15) is 0 Å². The smallest absolute Gasteiger partial charge is 0.253 e. The summed E-state index contributed by atoms with van der Waals surface area (Å²) < 4.78 is 10.3. The number of amides is 1. The molecule has 92 valence electrons. The molecule has 4 heteroatoms. The summed E-state index contributed by atoms with van der Waals surface area (Å²) in [4.78, 5) is 14.0. The first kappa shape index (κ1) is 11.8. The topological polar surface area (TPSA) is 38.8 Å². The zero-order valence-electron chi connectivity index (χ0n) is 10.2. The molecule has 0 radical (unpaired) electrons. The number of nitrogens with zero attached hydrogens (tertiary/aromatic N) is 1. The van der Waals surface area contributed by atoms with Gasteiger partial charge in [-0.3, -0.25) is 4.79 Å². The number of hydrogen-bond donors (Lipinski definition) is 0. The van der Waals surface area contributed by atoms with Gasteiger partial charge in [-0.25, -0.2) is 0 Å². The van der Waals surface area contributed by atoms with Gasteiger partial charge in [0.2, 0.25) is 0 Å². The van der Waals surface area contributed by atoms with Crippen LogP contribution >= 0.6 is 0 Å². The lowest BCUT2D eigenvalue weighted by Crippen LogP contribution is -2.27. The summed E-state index contributed by atoms with van der Waals surface area (Å²) in [5.74, 6) is 1.31. The highest BCUT2D eigenvalue weighted by Gasteiger charge is 2.20. The monoisotopic (exact) mass is 235 g/mol. The van der Waals surface area contributed by atoms with Gasteiger partial charge in [0, 0.05) is 18.7 Å². The van der Waals surface area contributed by atoms with E-state index in [0.717, 1.165) is 25.9 Å². The number of hydrogen-bond acceptors (Lipinski definition) is 3. The fourth-order valence-corrected chi connectivity index (χ4v) is 2.07. The van der Waals surface area contributed by atoms with Crippen molar-refractivity contribution >= 4 is 5.91 Å². The summed E-state index contributed by atoms with van der Waals surface area (Å²) in [6.45, 7) is 1.71. The van der Waals surface area contributed by atoms with Gasteiger partial charge in [-0.2, -0.15) is 0 Å². The van der Waals surface area contributed by atoms with E-state index in [1.807, 2.05) is 4.90 Å². The molecule has 4 nitrogen and oxygen atoms in total. The van der Waals surface area contributed by atoms with Crippen molar-refractivity contribution in [2.24, 2.45) is 0 Å². The van der Waals surface area contributed by atoms with Crippen LogP contribution in [0.15, 0.2) is 18.2 Å². The number of rotatable bonds is 3. The van der Waals surface area contributed by atoms with Crippen molar-refractivity contribution in [2.45, 2.75) is 12.8 Å². The molecule has 0 N–H and O–H groups in total. The average molecular weight is 235 g/mol. The molecule has 1 fully saturated rings. The van der Waals surface area contributed by atoms with Crippen LogP contribution in [0.3, 0.4) is 0 Å². The third kappa shape index (κ3) is 2.35. The fraction of sp³-hybridized carbons (Fsp3) is 0.462. The summed E-state index contributed by atoms with van der Waals surface area (Å²) in [5, 5.41) is 0. The van der Waals surface area contributed by atoms with E-state index in [0.29, 0.717) is 17.1 Å². The van der Waals surface area contributed by atoms with Crippen LogP contribution in [0.25, 0.3) is 0 Å². The van der Waals surface area contributed by atoms with E-state index in [9.17, 15) is 4.79 Å². The van der Waals surface area contributed by atoms with Gasteiger partial charge in [0.15, 0.2) is 11.5 Å². The normalized spacial score (nSPS) is 14.8. The highest BCUT2D eigenvalue weighted by atomic mass is 16.5. The van der Waals surface area contributed by atoms with E-state index < -0.39 is 0 Å². The van der Waals surface area contributed by atoms with Crippen LogP contribution in [-0.2, 0) is 0 Å². The van der Waals surface area contributed by atoms with E-state index in [1.54, 1.807) is 32.4 Å². The van der Waals surface area contributed by atoms with Crippen molar-refractivity contribution in [1.82, 2.24) is 4.90 Å². The Morgan fingerprint density at radius 3 is 2.35 bits per heavy atom. The van der Waals surface area contributed by atoms with Crippen LogP contribution < -0.4 is 9.47 Å². The molecule has 0 saturated carbocycles. The molecule has 2 rings (SSSR count). The summed E-state index contributed by atoms with van der Waals surface area (Å²) in [6.07, 6.45) is 2.19. The Morgan fingerprint density at radius 2 is 1.76 bits per heavy atom. The Labute approximate surface area is 101 Å². The summed E-state index contributed by atoms with van der Waals surface area (Å²) >= 11 is 0. The molecule has 1 aliphatic heterocycles. The minimum atomic E-state index is 0.0726. The van der Waals surface area contributed by atoms with E-state index in [2.05, 4.69) is 0 Å². The second-order valence-corrected chi connectivity index (χ2v) is 4.07. The van der Waals surface area contributed by atoms with Crippen molar-refractivity contribution in [3.8, 4) is 11.5 Å². The maximum Gasteiger partial charge on any atom is 0.253 e. The first-order valence-electron chi connectivity index (χ1n) is 5.77. The van der Waals surface area contributed by atoms with E-state index >= 15 is 0 Å². The quantitative estimate of drug-likeness (QED) is 0.803. The molecule has 1 aliphatic rings. The maximum absolute atomic E-state index is 12.1. The Kier molecular flexibility index (Phi) is 3.52. The van der Waals surface area contributed by atoms with Gasteiger partial charge >= 0.3 is 0 Å². The van der Waals surface area contributed by atoms with Crippen molar-refractivity contribution in [3.05, 3.63) is 23.8 Å². The summed E-state index contributed by atoms with van der Waals surface area (Å²) in [6, 6.07) is 5.28. The van der Waals surface area contributed by atoms with Crippen molar-refractivity contribution in [3.63, 3.8) is 0 Å². The molecular weight excluding hydrogens is 218 g/mol. The number of carbonyl (C=O) groups is 1. The number of benzene rings is 1. The third-order valence-corrected chi connectivity index (χ3v) is 3.02. The molecule has 0 unspecified atom stereocenters. The van der Waals surface area contributed by atoms with Crippen molar-refractivity contribution in [2.75, 3.05) is 27.3 Å². The first-order chi connectivity index (χ1) is 8.26. The highest BCUT2D eigenvalue weighted by molar-refractivity contribution is 5.95. The number of ether oxygens (including phenoxy) is 2. The molecule has 0 bridgehead atoms.